The number of rotatable bonds is 9. The van der Waals surface area contributed by atoms with E-state index >= 15 is 0 Å². The molecule has 8 heteroatoms. The van der Waals surface area contributed by atoms with Gasteiger partial charge in [-0.25, -0.2) is 13.4 Å². The fourth-order valence-corrected chi connectivity index (χ4v) is 4.55. The molecular weight excluding hydrogens is 472 g/mol. The number of hydrogen-bond donors (Lipinski definition) is 1. The number of anilines is 1. The van der Waals surface area contributed by atoms with Crippen molar-refractivity contribution in [1.82, 2.24) is 4.98 Å². The van der Waals surface area contributed by atoms with Crippen LogP contribution in [0.5, 0.6) is 0 Å². The maximum atomic E-state index is 13.1. The second-order valence-electron chi connectivity index (χ2n) is 7.96. The number of aromatic nitrogens is 1. The molecule has 0 atom stereocenters. The third-order valence-corrected chi connectivity index (χ3v) is 6.89. The molecule has 1 heterocycles. The van der Waals surface area contributed by atoms with E-state index in [-0.39, 0.29) is 16.1 Å². The Bertz CT molecular complexity index is 1350. The van der Waals surface area contributed by atoms with Gasteiger partial charge in [0.05, 0.1) is 22.2 Å². The molecule has 0 saturated carbocycles. The molecule has 0 bridgehead atoms. The third-order valence-electron chi connectivity index (χ3n) is 5.27. The number of allylic oxidation sites excluding steroid dienone is 5. The van der Waals surface area contributed by atoms with Gasteiger partial charge in [-0.1, -0.05) is 54.6 Å². The lowest BCUT2D eigenvalue weighted by Crippen LogP contribution is -2.20. The van der Waals surface area contributed by atoms with Crippen molar-refractivity contribution in [3.63, 3.8) is 0 Å². The molecule has 176 valence electrons. The predicted octanol–water partition coefficient (Wildman–Crippen LogP) is 6.33. The number of nitrogens with one attached hydrogen (secondary N) is 1. The van der Waals surface area contributed by atoms with Crippen LogP contribution in [0.15, 0.2) is 101 Å². The molecule has 34 heavy (non-hydrogen) atoms. The van der Waals surface area contributed by atoms with Crippen molar-refractivity contribution in [1.29, 1.82) is 0 Å². The summed E-state index contributed by atoms with van der Waals surface area (Å²) < 4.78 is 34.2. The molecule has 0 radical (unpaired) electrons. The summed E-state index contributed by atoms with van der Waals surface area (Å²) in [6.07, 6.45) is 9.54. The first-order chi connectivity index (χ1) is 16.1. The molecule has 0 fully saturated rings. The number of nitrogens with zero attached hydrogens (tertiary/aromatic N) is 1. The summed E-state index contributed by atoms with van der Waals surface area (Å²) >= 11 is 6.10. The van der Waals surface area contributed by atoms with Crippen LogP contribution in [0.3, 0.4) is 0 Å². The lowest BCUT2D eigenvalue weighted by Gasteiger charge is -2.21. The SMILES string of the molecule is C=C/C(=C\C=C/C)C(=O)c1cc(Cl)ccc1NS(=O)(=O)c1ccc(C(C)(C)c2ncco2)cc1. The molecular formula is C26H25ClN2O4S. The van der Waals surface area contributed by atoms with Crippen LogP contribution in [0.2, 0.25) is 5.02 Å². The predicted molar refractivity (Wildman–Crippen MR) is 135 cm³/mol. The number of oxazole rings is 1. The summed E-state index contributed by atoms with van der Waals surface area (Å²) in [6, 6.07) is 10.8. The molecule has 0 amide bonds. The Balaban J connectivity index is 1.94. The number of ketones is 1. The van der Waals surface area contributed by atoms with Gasteiger partial charge in [0.15, 0.2) is 5.78 Å². The Morgan fingerprint density at radius 3 is 2.47 bits per heavy atom. The van der Waals surface area contributed by atoms with Gasteiger partial charge in [0.1, 0.15) is 6.26 Å². The number of carbonyl (C=O) groups is 1. The van der Waals surface area contributed by atoms with Crippen molar-refractivity contribution in [2.24, 2.45) is 0 Å². The van der Waals surface area contributed by atoms with Gasteiger partial charge in [0.25, 0.3) is 10.0 Å². The molecule has 6 nitrogen and oxygen atoms in total. The Morgan fingerprint density at radius 2 is 1.88 bits per heavy atom. The highest BCUT2D eigenvalue weighted by Crippen LogP contribution is 2.31. The summed E-state index contributed by atoms with van der Waals surface area (Å²) in [7, 11) is -3.99. The van der Waals surface area contributed by atoms with Crippen molar-refractivity contribution >= 4 is 33.1 Å². The van der Waals surface area contributed by atoms with Crippen LogP contribution in [0.25, 0.3) is 0 Å². The van der Waals surface area contributed by atoms with Crippen molar-refractivity contribution in [3.8, 4) is 0 Å². The monoisotopic (exact) mass is 496 g/mol. The van der Waals surface area contributed by atoms with E-state index in [2.05, 4.69) is 16.3 Å². The van der Waals surface area contributed by atoms with Crippen molar-refractivity contribution in [2.75, 3.05) is 4.72 Å². The Labute approximate surface area is 204 Å². The van der Waals surface area contributed by atoms with E-state index in [4.69, 9.17) is 16.0 Å². The minimum absolute atomic E-state index is 0.0428. The number of carbonyl (C=O) groups excluding carboxylic acids is 1. The lowest BCUT2D eigenvalue weighted by atomic mass is 9.84. The molecule has 1 N–H and O–H groups in total. The highest BCUT2D eigenvalue weighted by molar-refractivity contribution is 7.92. The molecule has 0 unspecified atom stereocenters. The van der Waals surface area contributed by atoms with Crippen LogP contribution in [0, 0.1) is 0 Å². The van der Waals surface area contributed by atoms with Crippen LogP contribution in [0.1, 0.15) is 42.6 Å². The van der Waals surface area contributed by atoms with Gasteiger partial charge in [0.2, 0.25) is 5.89 Å². The minimum atomic E-state index is -3.99. The molecule has 0 aliphatic heterocycles. The smallest absolute Gasteiger partial charge is 0.261 e. The molecule has 0 saturated heterocycles. The first-order valence-electron chi connectivity index (χ1n) is 10.4. The average Bonchev–Trinajstić information content (AvgIpc) is 3.36. The van der Waals surface area contributed by atoms with Gasteiger partial charge in [-0.15, -0.1) is 0 Å². The summed E-state index contributed by atoms with van der Waals surface area (Å²) in [5.74, 6) is 0.117. The van der Waals surface area contributed by atoms with Gasteiger partial charge < -0.3 is 4.42 Å². The minimum Gasteiger partial charge on any atom is -0.448 e. The maximum Gasteiger partial charge on any atom is 0.261 e. The summed E-state index contributed by atoms with van der Waals surface area (Å²) in [5, 5.41) is 0.305. The Kier molecular flexibility index (Phi) is 7.59. The van der Waals surface area contributed by atoms with Gasteiger partial charge in [0, 0.05) is 16.2 Å². The summed E-state index contributed by atoms with van der Waals surface area (Å²) in [4.78, 5) is 17.3. The van der Waals surface area contributed by atoms with Crippen LogP contribution >= 0.6 is 11.6 Å². The number of hydrogen-bond acceptors (Lipinski definition) is 5. The van der Waals surface area contributed by atoms with Crippen molar-refractivity contribution < 1.29 is 17.6 Å². The van der Waals surface area contributed by atoms with E-state index in [1.54, 1.807) is 36.6 Å². The maximum absolute atomic E-state index is 13.1. The number of Topliss-reactive ketones (excluding diaryl/α,β-unsaturated/α-hetero) is 1. The highest BCUT2D eigenvalue weighted by atomic mass is 35.5. The van der Waals surface area contributed by atoms with Crippen LogP contribution in [-0.4, -0.2) is 19.2 Å². The van der Waals surface area contributed by atoms with E-state index in [9.17, 15) is 13.2 Å². The van der Waals surface area contributed by atoms with Gasteiger partial charge in [-0.2, -0.15) is 0 Å². The second kappa shape index (κ2) is 10.2. The quantitative estimate of drug-likeness (QED) is 0.212. The number of halogens is 1. The molecule has 1 aromatic heterocycles. The topological polar surface area (TPSA) is 89.3 Å². The summed E-state index contributed by atoms with van der Waals surface area (Å²) in [6.45, 7) is 9.36. The van der Waals surface area contributed by atoms with E-state index in [0.717, 1.165) is 5.56 Å². The first kappa shape index (κ1) is 25.2. The average molecular weight is 497 g/mol. The lowest BCUT2D eigenvalue weighted by molar-refractivity contribution is 0.103. The normalized spacial score (nSPS) is 12.6. The van der Waals surface area contributed by atoms with Gasteiger partial charge in [-0.05, 0) is 56.7 Å². The number of benzene rings is 2. The molecule has 2 aromatic carbocycles. The van der Waals surface area contributed by atoms with Crippen LogP contribution in [-0.2, 0) is 15.4 Å². The van der Waals surface area contributed by atoms with Crippen molar-refractivity contribution in [3.05, 3.63) is 113 Å². The molecule has 0 aliphatic carbocycles. The van der Waals surface area contributed by atoms with E-state index < -0.39 is 21.2 Å². The molecule has 3 aromatic rings. The Hall–Kier alpha value is -3.42. The fraction of sp³-hybridized carbons (Fsp3) is 0.154. The first-order valence-corrected chi connectivity index (χ1v) is 12.3. The molecule has 0 aliphatic rings. The van der Waals surface area contributed by atoms with Gasteiger partial charge >= 0.3 is 0 Å². The molecule has 0 spiro atoms. The standard InChI is InChI=1S/C26H25ClN2O4S/c1-5-7-8-18(6-2)24(30)22-17-20(27)11-14-23(22)29-34(31,32)21-12-9-19(10-13-21)26(3,4)25-28-15-16-33-25/h5-17,29H,2H2,1,3-4H3/b7-5-,18-8+. The zero-order chi connectivity index (χ0) is 24.9. The zero-order valence-corrected chi connectivity index (χ0v) is 20.7. The van der Waals surface area contributed by atoms with Crippen LogP contribution < -0.4 is 4.72 Å². The fourth-order valence-electron chi connectivity index (χ4n) is 3.30. The van der Waals surface area contributed by atoms with E-state index in [1.807, 2.05) is 20.8 Å². The number of sulfonamides is 1. The van der Waals surface area contributed by atoms with E-state index in [1.165, 1.54) is 42.7 Å². The van der Waals surface area contributed by atoms with Crippen LogP contribution in [0.4, 0.5) is 5.69 Å². The van der Waals surface area contributed by atoms with Gasteiger partial charge in [-0.3, -0.25) is 9.52 Å². The Morgan fingerprint density at radius 1 is 1.18 bits per heavy atom. The largest absolute Gasteiger partial charge is 0.448 e. The highest BCUT2D eigenvalue weighted by Gasteiger charge is 2.28. The third kappa shape index (κ3) is 5.38. The second-order valence-corrected chi connectivity index (χ2v) is 10.1. The zero-order valence-electron chi connectivity index (χ0n) is 19.1. The van der Waals surface area contributed by atoms with Crippen molar-refractivity contribution in [2.45, 2.75) is 31.1 Å². The molecule has 3 rings (SSSR count). The van der Waals surface area contributed by atoms with E-state index in [0.29, 0.717) is 16.5 Å². The summed E-state index contributed by atoms with van der Waals surface area (Å²) in [5.41, 5.74) is 0.829.